The summed E-state index contributed by atoms with van der Waals surface area (Å²) in [4.78, 5) is 3.79. The van der Waals surface area contributed by atoms with Gasteiger partial charge in [-0.2, -0.15) is 0 Å². The fourth-order valence-electron chi connectivity index (χ4n) is 2.08. The van der Waals surface area contributed by atoms with Crippen molar-refractivity contribution in [3.8, 4) is 5.75 Å². The molecule has 0 atom stereocenters. The maximum Gasteiger partial charge on any atom is 0.236 e. The highest BCUT2D eigenvalue weighted by atomic mass is 16.5. The lowest BCUT2D eigenvalue weighted by Gasteiger charge is -2.30. The zero-order valence-corrected chi connectivity index (χ0v) is 8.99. The van der Waals surface area contributed by atoms with E-state index in [1.807, 2.05) is 18.2 Å². The Bertz CT molecular complexity index is 388. The van der Waals surface area contributed by atoms with Crippen molar-refractivity contribution in [2.75, 3.05) is 7.11 Å². The first-order chi connectivity index (χ1) is 7.28. The summed E-state index contributed by atoms with van der Waals surface area (Å²) in [5.41, 5.74) is 1.11. The van der Waals surface area contributed by atoms with Crippen LogP contribution in [0.3, 0.4) is 0 Å². The summed E-state index contributed by atoms with van der Waals surface area (Å²) < 4.78 is 5.18. The van der Waals surface area contributed by atoms with E-state index in [-0.39, 0.29) is 5.54 Å². The van der Waals surface area contributed by atoms with Gasteiger partial charge in [0.1, 0.15) is 5.75 Å². The van der Waals surface area contributed by atoms with Crippen molar-refractivity contribution in [3.63, 3.8) is 0 Å². The Kier molecular flexibility index (Phi) is 2.64. The fourth-order valence-corrected chi connectivity index (χ4v) is 2.08. The van der Waals surface area contributed by atoms with Gasteiger partial charge in [0.15, 0.2) is 0 Å². The topological polar surface area (TPSA) is 13.6 Å². The van der Waals surface area contributed by atoms with Gasteiger partial charge in [-0.3, -0.25) is 0 Å². The predicted molar refractivity (Wildman–Crippen MR) is 59.9 cm³/mol. The van der Waals surface area contributed by atoms with E-state index in [4.69, 9.17) is 11.3 Å². The highest BCUT2D eigenvalue weighted by molar-refractivity contribution is 5.31. The van der Waals surface area contributed by atoms with E-state index >= 15 is 0 Å². The Hall–Kier alpha value is -1.49. The monoisotopic (exact) mass is 201 g/mol. The number of rotatable bonds is 3. The molecule has 0 saturated heterocycles. The van der Waals surface area contributed by atoms with Gasteiger partial charge in [0, 0.05) is 12.8 Å². The van der Waals surface area contributed by atoms with Crippen LogP contribution in [0.15, 0.2) is 24.3 Å². The van der Waals surface area contributed by atoms with E-state index in [1.165, 1.54) is 12.0 Å². The number of hydrogen-bond donors (Lipinski definition) is 0. The third kappa shape index (κ3) is 1.97. The van der Waals surface area contributed by atoms with Gasteiger partial charge in [-0.15, -0.1) is 0 Å². The van der Waals surface area contributed by atoms with Crippen molar-refractivity contribution in [2.24, 2.45) is 0 Å². The Balaban J connectivity index is 2.13. The van der Waals surface area contributed by atoms with Gasteiger partial charge in [0.2, 0.25) is 5.54 Å². The van der Waals surface area contributed by atoms with Gasteiger partial charge in [-0.25, -0.2) is 6.57 Å². The van der Waals surface area contributed by atoms with Gasteiger partial charge in [0.05, 0.1) is 13.5 Å². The van der Waals surface area contributed by atoms with Crippen LogP contribution in [-0.4, -0.2) is 12.6 Å². The van der Waals surface area contributed by atoms with Crippen LogP contribution in [0.1, 0.15) is 24.8 Å². The molecule has 0 aliphatic heterocycles. The molecule has 0 N–H and O–H groups in total. The molecule has 1 fully saturated rings. The molecule has 1 aromatic carbocycles. The summed E-state index contributed by atoms with van der Waals surface area (Å²) in [6.45, 7) is 7.25. The van der Waals surface area contributed by atoms with Crippen molar-refractivity contribution < 1.29 is 4.74 Å². The van der Waals surface area contributed by atoms with E-state index in [0.717, 1.165) is 25.0 Å². The SMILES string of the molecule is [C-]#[N+]C1(Cc2cccc(OC)c2)CCC1. The normalized spacial score (nSPS) is 17.6. The lowest BCUT2D eigenvalue weighted by molar-refractivity contribution is 0.300. The lowest BCUT2D eigenvalue weighted by Crippen LogP contribution is -2.35. The summed E-state index contributed by atoms with van der Waals surface area (Å²) in [5, 5.41) is 0. The standard InChI is InChI=1S/C13H15NO/c1-14-13(7-4-8-13)10-11-5-3-6-12(9-11)15-2/h3,5-6,9H,4,7-8,10H2,2H3. The van der Waals surface area contributed by atoms with Crippen LogP contribution in [0.4, 0.5) is 0 Å². The van der Waals surface area contributed by atoms with Crippen LogP contribution in [0.5, 0.6) is 5.75 Å². The second-order valence-corrected chi connectivity index (χ2v) is 4.22. The van der Waals surface area contributed by atoms with Crippen LogP contribution >= 0.6 is 0 Å². The van der Waals surface area contributed by atoms with E-state index in [1.54, 1.807) is 7.11 Å². The minimum Gasteiger partial charge on any atom is -0.497 e. The number of methoxy groups -OCH3 is 1. The second kappa shape index (κ2) is 3.94. The van der Waals surface area contributed by atoms with Crippen LogP contribution in [-0.2, 0) is 6.42 Å². The predicted octanol–water partition coefficient (Wildman–Crippen LogP) is 3.08. The lowest BCUT2D eigenvalue weighted by atomic mass is 9.73. The average Bonchev–Trinajstić information content (AvgIpc) is 2.24. The van der Waals surface area contributed by atoms with E-state index in [0.29, 0.717) is 0 Å². The molecular weight excluding hydrogens is 186 g/mol. The maximum absolute atomic E-state index is 7.25. The van der Waals surface area contributed by atoms with Crippen molar-refractivity contribution in [3.05, 3.63) is 41.2 Å². The number of hydrogen-bond acceptors (Lipinski definition) is 1. The number of ether oxygens (including phenoxy) is 1. The molecule has 0 heterocycles. The van der Waals surface area contributed by atoms with Crippen molar-refractivity contribution >= 4 is 0 Å². The molecular formula is C13H15NO. The van der Waals surface area contributed by atoms with Gasteiger partial charge < -0.3 is 9.58 Å². The van der Waals surface area contributed by atoms with Gasteiger partial charge in [-0.1, -0.05) is 12.1 Å². The molecule has 0 spiro atoms. The first kappa shape index (κ1) is 10.0. The molecule has 0 radical (unpaired) electrons. The first-order valence-electron chi connectivity index (χ1n) is 5.30. The van der Waals surface area contributed by atoms with Crippen LogP contribution < -0.4 is 4.74 Å². The molecule has 1 aliphatic carbocycles. The Morgan fingerprint density at radius 2 is 2.27 bits per heavy atom. The van der Waals surface area contributed by atoms with Crippen LogP contribution in [0.2, 0.25) is 0 Å². The first-order valence-corrected chi connectivity index (χ1v) is 5.30. The molecule has 2 nitrogen and oxygen atoms in total. The Morgan fingerprint density at radius 1 is 1.47 bits per heavy atom. The summed E-state index contributed by atoms with van der Waals surface area (Å²) in [6, 6.07) is 8.04. The van der Waals surface area contributed by atoms with Crippen molar-refractivity contribution in [1.82, 2.24) is 0 Å². The zero-order valence-electron chi connectivity index (χ0n) is 8.99. The molecule has 1 saturated carbocycles. The zero-order chi connectivity index (χ0) is 10.7. The summed E-state index contributed by atoms with van der Waals surface area (Å²) in [6.07, 6.45) is 4.17. The van der Waals surface area contributed by atoms with E-state index in [9.17, 15) is 0 Å². The molecule has 1 aromatic rings. The molecule has 78 valence electrons. The van der Waals surface area contributed by atoms with Crippen LogP contribution in [0, 0.1) is 6.57 Å². The van der Waals surface area contributed by atoms with Gasteiger partial charge in [-0.05, 0) is 24.1 Å². The molecule has 0 aromatic heterocycles. The molecule has 2 rings (SSSR count). The minimum atomic E-state index is -0.105. The van der Waals surface area contributed by atoms with Gasteiger partial charge in [0.25, 0.3) is 0 Å². The van der Waals surface area contributed by atoms with E-state index < -0.39 is 0 Å². The molecule has 15 heavy (non-hydrogen) atoms. The number of benzene rings is 1. The van der Waals surface area contributed by atoms with Crippen molar-refractivity contribution in [1.29, 1.82) is 0 Å². The smallest absolute Gasteiger partial charge is 0.236 e. The second-order valence-electron chi connectivity index (χ2n) is 4.22. The summed E-state index contributed by atoms with van der Waals surface area (Å²) in [7, 11) is 1.67. The maximum atomic E-state index is 7.25. The van der Waals surface area contributed by atoms with Crippen LogP contribution in [0.25, 0.3) is 4.85 Å². The molecule has 2 heteroatoms. The minimum absolute atomic E-state index is 0.105. The highest BCUT2D eigenvalue weighted by Gasteiger charge is 2.43. The fraction of sp³-hybridized carbons (Fsp3) is 0.462. The molecule has 0 unspecified atom stereocenters. The molecule has 0 amide bonds. The Morgan fingerprint density at radius 3 is 2.80 bits per heavy atom. The summed E-state index contributed by atoms with van der Waals surface area (Å²) >= 11 is 0. The highest BCUT2D eigenvalue weighted by Crippen LogP contribution is 2.39. The van der Waals surface area contributed by atoms with E-state index in [2.05, 4.69) is 10.9 Å². The number of nitrogens with zero attached hydrogens (tertiary/aromatic N) is 1. The third-order valence-corrected chi connectivity index (χ3v) is 3.19. The molecule has 1 aliphatic rings. The summed E-state index contributed by atoms with van der Waals surface area (Å²) in [5.74, 6) is 0.881. The molecule has 0 bridgehead atoms. The quantitative estimate of drug-likeness (QED) is 0.685. The third-order valence-electron chi connectivity index (χ3n) is 3.19. The Labute approximate surface area is 90.7 Å². The van der Waals surface area contributed by atoms with Crippen molar-refractivity contribution in [2.45, 2.75) is 31.2 Å². The average molecular weight is 201 g/mol. The van der Waals surface area contributed by atoms with Gasteiger partial charge >= 0.3 is 0 Å². The largest absolute Gasteiger partial charge is 0.497 e.